The maximum Gasteiger partial charge on any atom is 0.145 e. The zero-order valence-electron chi connectivity index (χ0n) is 12.2. The molecule has 102 valence electrons. The Kier molecular flexibility index (Phi) is 4.25. The standard InChI is InChI=1S/C16H22N2O/c1-5-10-19-14-9-7-8-13-15(17-4)12(6-2)11(3)18-16(13)14/h7-9H,5-6,10H2,1-4H3,(H,17,18). The van der Waals surface area contributed by atoms with Gasteiger partial charge in [0.15, 0.2) is 0 Å². The number of nitrogens with one attached hydrogen (secondary N) is 1. The predicted molar refractivity (Wildman–Crippen MR) is 81.2 cm³/mol. The van der Waals surface area contributed by atoms with E-state index in [0.29, 0.717) is 0 Å². The minimum Gasteiger partial charge on any atom is -0.491 e. The fraction of sp³-hybridized carbons (Fsp3) is 0.438. The Morgan fingerprint density at radius 3 is 2.68 bits per heavy atom. The monoisotopic (exact) mass is 258 g/mol. The van der Waals surface area contributed by atoms with Crippen LogP contribution in [0.15, 0.2) is 18.2 Å². The van der Waals surface area contributed by atoms with E-state index < -0.39 is 0 Å². The first kappa shape index (κ1) is 13.7. The molecule has 0 aliphatic carbocycles. The van der Waals surface area contributed by atoms with Crippen molar-refractivity contribution in [3.05, 3.63) is 29.5 Å². The molecule has 3 heteroatoms. The fourth-order valence-corrected chi connectivity index (χ4v) is 2.46. The topological polar surface area (TPSA) is 34.1 Å². The summed E-state index contributed by atoms with van der Waals surface area (Å²) < 4.78 is 5.81. The molecule has 2 rings (SSSR count). The summed E-state index contributed by atoms with van der Waals surface area (Å²) in [5.41, 5.74) is 4.48. The number of fused-ring (bicyclic) bond motifs is 1. The van der Waals surface area contributed by atoms with E-state index in [0.717, 1.165) is 41.8 Å². The van der Waals surface area contributed by atoms with E-state index in [4.69, 9.17) is 9.72 Å². The van der Waals surface area contributed by atoms with Crippen molar-refractivity contribution in [2.45, 2.75) is 33.6 Å². The van der Waals surface area contributed by atoms with E-state index in [9.17, 15) is 0 Å². The van der Waals surface area contributed by atoms with Gasteiger partial charge in [0.05, 0.1) is 6.61 Å². The molecule has 0 aliphatic rings. The molecule has 0 atom stereocenters. The summed E-state index contributed by atoms with van der Waals surface area (Å²) >= 11 is 0. The Hall–Kier alpha value is -1.77. The summed E-state index contributed by atoms with van der Waals surface area (Å²) in [6.07, 6.45) is 1.98. The molecule has 1 heterocycles. The van der Waals surface area contributed by atoms with Gasteiger partial charge in [-0.25, -0.2) is 4.98 Å². The van der Waals surface area contributed by atoms with Gasteiger partial charge in [0.25, 0.3) is 0 Å². The number of anilines is 1. The lowest BCUT2D eigenvalue weighted by atomic mass is 10.0. The normalized spacial score (nSPS) is 10.7. The lowest BCUT2D eigenvalue weighted by molar-refractivity contribution is 0.320. The molecule has 0 aliphatic heterocycles. The van der Waals surface area contributed by atoms with Crippen molar-refractivity contribution in [3.63, 3.8) is 0 Å². The molecular weight excluding hydrogens is 236 g/mol. The molecule has 3 nitrogen and oxygen atoms in total. The van der Waals surface area contributed by atoms with Gasteiger partial charge in [-0.3, -0.25) is 0 Å². The highest BCUT2D eigenvalue weighted by molar-refractivity contribution is 5.96. The SMILES string of the molecule is CCCOc1cccc2c(NC)c(CC)c(C)nc12. The van der Waals surface area contributed by atoms with Gasteiger partial charge in [-0.05, 0) is 31.4 Å². The molecule has 0 radical (unpaired) electrons. The van der Waals surface area contributed by atoms with Crippen LogP contribution in [0.25, 0.3) is 10.9 Å². The van der Waals surface area contributed by atoms with Crippen LogP contribution in [0, 0.1) is 6.92 Å². The number of nitrogens with zero attached hydrogens (tertiary/aromatic N) is 1. The molecule has 0 unspecified atom stereocenters. The molecule has 1 aromatic carbocycles. The maximum absolute atomic E-state index is 5.81. The molecule has 0 amide bonds. The van der Waals surface area contributed by atoms with Crippen molar-refractivity contribution < 1.29 is 4.74 Å². The lowest BCUT2D eigenvalue weighted by Gasteiger charge is -2.16. The molecule has 19 heavy (non-hydrogen) atoms. The second-order valence-corrected chi connectivity index (χ2v) is 4.66. The second kappa shape index (κ2) is 5.91. The number of para-hydroxylation sites is 1. The average Bonchev–Trinajstić information content (AvgIpc) is 2.43. The quantitative estimate of drug-likeness (QED) is 0.882. The van der Waals surface area contributed by atoms with Crippen molar-refractivity contribution in [3.8, 4) is 5.75 Å². The Balaban J connectivity index is 2.67. The third kappa shape index (κ3) is 2.50. The van der Waals surface area contributed by atoms with Crippen LogP contribution in [0.1, 0.15) is 31.5 Å². The summed E-state index contributed by atoms with van der Waals surface area (Å²) in [5.74, 6) is 0.876. The number of ether oxygens (including phenoxy) is 1. The number of pyridine rings is 1. The first-order valence-corrected chi connectivity index (χ1v) is 6.95. The molecule has 1 N–H and O–H groups in total. The van der Waals surface area contributed by atoms with Crippen LogP contribution >= 0.6 is 0 Å². The van der Waals surface area contributed by atoms with Gasteiger partial charge in [0.2, 0.25) is 0 Å². The average molecular weight is 258 g/mol. The minimum absolute atomic E-state index is 0.726. The Labute approximate surface area is 115 Å². The Bertz CT molecular complexity index is 578. The zero-order chi connectivity index (χ0) is 13.8. The van der Waals surface area contributed by atoms with Crippen molar-refractivity contribution in [1.82, 2.24) is 4.98 Å². The predicted octanol–water partition coefficient (Wildman–Crippen LogP) is 3.94. The van der Waals surface area contributed by atoms with E-state index in [1.807, 2.05) is 19.2 Å². The first-order chi connectivity index (χ1) is 9.22. The van der Waals surface area contributed by atoms with E-state index in [1.165, 1.54) is 11.3 Å². The zero-order valence-corrected chi connectivity index (χ0v) is 12.2. The van der Waals surface area contributed by atoms with Crippen molar-refractivity contribution >= 4 is 16.6 Å². The van der Waals surface area contributed by atoms with Gasteiger partial charge in [-0.2, -0.15) is 0 Å². The van der Waals surface area contributed by atoms with Crippen LogP contribution < -0.4 is 10.1 Å². The number of aryl methyl sites for hydroxylation is 1. The summed E-state index contributed by atoms with van der Waals surface area (Å²) in [4.78, 5) is 4.74. The van der Waals surface area contributed by atoms with E-state index in [1.54, 1.807) is 0 Å². The Morgan fingerprint density at radius 2 is 2.05 bits per heavy atom. The molecule has 0 saturated carbocycles. The van der Waals surface area contributed by atoms with E-state index in [2.05, 4.69) is 32.2 Å². The highest BCUT2D eigenvalue weighted by Gasteiger charge is 2.13. The Morgan fingerprint density at radius 1 is 1.26 bits per heavy atom. The summed E-state index contributed by atoms with van der Waals surface area (Å²) in [6, 6.07) is 6.13. The molecule has 0 fully saturated rings. The van der Waals surface area contributed by atoms with Crippen molar-refractivity contribution in [1.29, 1.82) is 0 Å². The van der Waals surface area contributed by atoms with Crippen molar-refractivity contribution in [2.75, 3.05) is 19.0 Å². The fourth-order valence-electron chi connectivity index (χ4n) is 2.46. The van der Waals surface area contributed by atoms with Crippen LogP contribution in [0.3, 0.4) is 0 Å². The number of hydrogen-bond acceptors (Lipinski definition) is 3. The molecule has 0 bridgehead atoms. The number of aromatic nitrogens is 1. The molecular formula is C16H22N2O. The van der Waals surface area contributed by atoms with E-state index in [-0.39, 0.29) is 0 Å². The number of benzene rings is 1. The minimum atomic E-state index is 0.726. The summed E-state index contributed by atoms with van der Waals surface area (Å²) in [6.45, 7) is 7.06. The van der Waals surface area contributed by atoms with Crippen LogP contribution in [0.2, 0.25) is 0 Å². The van der Waals surface area contributed by atoms with E-state index >= 15 is 0 Å². The summed E-state index contributed by atoms with van der Waals surface area (Å²) in [5, 5.41) is 4.46. The van der Waals surface area contributed by atoms with Gasteiger partial charge in [0, 0.05) is 23.8 Å². The second-order valence-electron chi connectivity index (χ2n) is 4.66. The van der Waals surface area contributed by atoms with Gasteiger partial charge in [0.1, 0.15) is 11.3 Å². The highest BCUT2D eigenvalue weighted by atomic mass is 16.5. The highest BCUT2D eigenvalue weighted by Crippen LogP contribution is 2.33. The molecule has 0 spiro atoms. The largest absolute Gasteiger partial charge is 0.491 e. The van der Waals surface area contributed by atoms with Gasteiger partial charge in [-0.1, -0.05) is 26.0 Å². The van der Waals surface area contributed by atoms with Crippen LogP contribution in [0.5, 0.6) is 5.75 Å². The number of hydrogen-bond donors (Lipinski definition) is 1. The number of rotatable bonds is 5. The molecule has 0 saturated heterocycles. The smallest absolute Gasteiger partial charge is 0.145 e. The van der Waals surface area contributed by atoms with Gasteiger partial charge >= 0.3 is 0 Å². The van der Waals surface area contributed by atoms with Crippen LogP contribution in [-0.4, -0.2) is 18.6 Å². The maximum atomic E-state index is 5.81. The summed E-state index contributed by atoms with van der Waals surface area (Å²) in [7, 11) is 1.97. The van der Waals surface area contributed by atoms with Gasteiger partial charge < -0.3 is 10.1 Å². The molecule has 1 aromatic heterocycles. The van der Waals surface area contributed by atoms with Crippen LogP contribution in [-0.2, 0) is 6.42 Å². The van der Waals surface area contributed by atoms with Gasteiger partial charge in [-0.15, -0.1) is 0 Å². The lowest BCUT2D eigenvalue weighted by Crippen LogP contribution is -2.03. The first-order valence-electron chi connectivity index (χ1n) is 6.95. The van der Waals surface area contributed by atoms with Crippen molar-refractivity contribution in [2.24, 2.45) is 0 Å². The third-order valence-electron chi connectivity index (χ3n) is 3.35. The van der Waals surface area contributed by atoms with Crippen LogP contribution in [0.4, 0.5) is 5.69 Å². The molecule has 2 aromatic rings. The third-order valence-corrected chi connectivity index (χ3v) is 3.35.